The molecule has 0 saturated heterocycles. The van der Waals surface area contributed by atoms with Gasteiger partial charge < -0.3 is 10.0 Å². The second-order valence-corrected chi connectivity index (χ2v) is 2.24. The van der Waals surface area contributed by atoms with Gasteiger partial charge in [-0.25, -0.2) is 4.79 Å². The van der Waals surface area contributed by atoms with Crippen molar-refractivity contribution in [3.05, 3.63) is 0 Å². The lowest BCUT2D eigenvalue weighted by molar-refractivity contribution is -0.137. The van der Waals surface area contributed by atoms with Gasteiger partial charge in [0.2, 0.25) is 0 Å². The molecule has 0 aliphatic rings. The molecule has 0 unspecified atom stereocenters. The van der Waals surface area contributed by atoms with E-state index in [0.717, 1.165) is 0 Å². The first kappa shape index (κ1) is 8.94. The van der Waals surface area contributed by atoms with Crippen molar-refractivity contribution >= 4 is 12.3 Å². The van der Waals surface area contributed by atoms with Gasteiger partial charge in [-0.1, -0.05) is 0 Å². The van der Waals surface area contributed by atoms with E-state index in [1.54, 1.807) is 19.0 Å². The van der Waals surface area contributed by atoms with Gasteiger partial charge in [-0.3, -0.25) is 4.99 Å². The lowest BCUT2D eigenvalue weighted by Gasteiger charge is -2.03. The van der Waals surface area contributed by atoms with Gasteiger partial charge >= 0.3 is 5.97 Å². The summed E-state index contributed by atoms with van der Waals surface area (Å²) >= 11 is 0. The molecule has 0 radical (unpaired) electrons. The van der Waals surface area contributed by atoms with Crippen LogP contribution in [0.25, 0.3) is 0 Å². The Morgan fingerprint density at radius 3 is 2.50 bits per heavy atom. The second kappa shape index (κ2) is 3.87. The maximum atomic E-state index is 10.2. The predicted octanol–water partition coefficient (Wildman–Crippen LogP) is 0.0494. The molecule has 0 aliphatic heterocycles. The highest BCUT2D eigenvalue weighted by Gasteiger charge is 2.05. The topological polar surface area (TPSA) is 52.9 Å². The van der Waals surface area contributed by atoms with Gasteiger partial charge in [-0.2, -0.15) is 0 Å². The van der Waals surface area contributed by atoms with Gasteiger partial charge in [0.15, 0.2) is 0 Å². The Balaban J connectivity index is 3.77. The smallest absolute Gasteiger partial charge is 0.328 e. The number of hydrogen-bond donors (Lipinski definition) is 1. The Labute approximate surface area is 60.2 Å². The molecular formula is C6H12N2O2. The summed E-state index contributed by atoms with van der Waals surface area (Å²) in [6.45, 7) is 1.53. The van der Waals surface area contributed by atoms with E-state index < -0.39 is 12.0 Å². The number of carboxylic acid groups (broad SMARTS) is 1. The summed E-state index contributed by atoms with van der Waals surface area (Å²) in [5, 5.41) is 8.36. The fraction of sp³-hybridized carbons (Fsp3) is 0.667. The number of aliphatic imine (C=N–C) groups is 1. The molecule has 58 valence electrons. The van der Waals surface area contributed by atoms with Crippen molar-refractivity contribution in [1.29, 1.82) is 0 Å². The molecule has 0 amide bonds. The van der Waals surface area contributed by atoms with E-state index >= 15 is 0 Å². The van der Waals surface area contributed by atoms with Crippen LogP contribution in [0.4, 0.5) is 0 Å². The molecule has 0 heterocycles. The molecule has 0 aromatic carbocycles. The van der Waals surface area contributed by atoms with Gasteiger partial charge in [0.05, 0.1) is 6.34 Å². The Hall–Kier alpha value is -1.06. The minimum absolute atomic E-state index is 0.651. The first-order valence-electron chi connectivity index (χ1n) is 2.96. The number of carboxylic acids is 1. The fourth-order valence-corrected chi connectivity index (χ4v) is 0.297. The molecule has 1 N–H and O–H groups in total. The first-order valence-corrected chi connectivity index (χ1v) is 2.96. The van der Waals surface area contributed by atoms with Crippen LogP contribution in [-0.4, -0.2) is 42.5 Å². The van der Waals surface area contributed by atoms with E-state index in [1.807, 2.05) is 0 Å². The monoisotopic (exact) mass is 144 g/mol. The van der Waals surface area contributed by atoms with Crippen LogP contribution in [0.5, 0.6) is 0 Å². The number of hydrogen-bond acceptors (Lipinski definition) is 2. The van der Waals surface area contributed by atoms with Crippen molar-refractivity contribution in [3.63, 3.8) is 0 Å². The van der Waals surface area contributed by atoms with Crippen LogP contribution in [0.3, 0.4) is 0 Å². The maximum Gasteiger partial charge on any atom is 0.328 e. The summed E-state index contributed by atoms with van der Waals surface area (Å²) in [4.78, 5) is 15.6. The van der Waals surface area contributed by atoms with Gasteiger partial charge in [-0.15, -0.1) is 0 Å². The SMILES string of the molecule is C[C@H](N=CN(C)C)C(=O)O. The number of nitrogens with zero attached hydrogens (tertiary/aromatic N) is 2. The molecule has 4 heteroatoms. The summed E-state index contributed by atoms with van der Waals surface area (Å²) in [7, 11) is 3.58. The third-order valence-corrected chi connectivity index (χ3v) is 0.879. The van der Waals surface area contributed by atoms with Gasteiger partial charge in [0.1, 0.15) is 6.04 Å². The number of aliphatic carboxylic acids is 1. The molecule has 0 fully saturated rings. The lowest BCUT2D eigenvalue weighted by atomic mass is 10.4. The zero-order valence-corrected chi connectivity index (χ0v) is 6.40. The van der Waals surface area contributed by atoms with Crippen LogP contribution in [0.2, 0.25) is 0 Å². The highest BCUT2D eigenvalue weighted by molar-refractivity contribution is 5.75. The van der Waals surface area contributed by atoms with Crippen molar-refractivity contribution < 1.29 is 9.90 Å². The average molecular weight is 144 g/mol. The Bertz CT molecular complexity index is 143. The number of carbonyl (C=O) groups is 1. The van der Waals surface area contributed by atoms with Crippen LogP contribution in [0.1, 0.15) is 6.92 Å². The van der Waals surface area contributed by atoms with E-state index in [4.69, 9.17) is 5.11 Å². The summed E-state index contributed by atoms with van der Waals surface area (Å²) in [6.07, 6.45) is 1.48. The fourth-order valence-electron chi connectivity index (χ4n) is 0.297. The standard InChI is InChI=1S/C6H12N2O2/c1-5(6(9)10)7-4-8(2)3/h4-5H,1-3H3,(H,9,10)/t5-/m0/s1. The summed E-state index contributed by atoms with van der Waals surface area (Å²) < 4.78 is 0. The average Bonchev–Trinajstić information content (AvgIpc) is 1.82. The predicted molar refractivity (Wildman–Crippen MR) is 39.3 cm³/mol. The zero-order chi connectivity index (χ0) is 8.15. The van der Waals surface area contributed by atoms with E-state index in [9.17, 15) is 4.79 Å². The summed E-state index contributed by atoms with van der Waals surface area (Å²) in [6, 6.07) is -0.651. The van der Waals surface area contributed by atoms with Gasteiger partial charge in [0.25, 0.3) is 0 Å². The molecule has 0 saturated carbocycles. The molecule has 4 nitrogen and oxygen atoms in total. The molecule has 0 aromatic rings. The summed E-state index contributed by atoms with van der Waals surface area (Å²) in [5.74, 6) is -0.905. The normalized spacial score (nSPS) is 13.5. The van der Waals surface area contributed by atoms with Gasteiger partial charge in [0, 0.05) is 14.1 Å². The Kier molecular flexibility index (Phi) is 3.46. The highest BCUT2D eigenvalue weighted by atomic mass is 16.4. The van der Waals surface area contributed by atoms with Crippen LogP contribution in [0, 0.1) is 0 Å². The van der Waals surface area contributed by atoms with Crippen molar-refractivity contribution in [2.45, 2.75) is 13.0 Å². The van der Waals surface area contributed by atoms with Crippen LogP contribution in [-0.2, 0) is 4.79 Å². The number of rotatable bonds is 3. The Morgan fingerprint density at radius 2 is 2.20 bits per heavy atom. The van der Waals surface area contributed by atoms with E-state index in [1.165, 1.54) is 13.3 Å². The molecule has 0 aromatic heterocycles. The Morgan fingerprint density at radius 1 is 1.70 bits per heavy atom. The minimum atomic E-state index is -0.905. The maximum absolute atomic E-state index is 10.2. The molecule has 0 spiro atoms. The molecule has 0 aliphatic carbocycles. The zero-order valence-electron chi connectivity index (χ0n) is 6.40. The quantitative estimate of drug-likeness (QED) is 0.449. The van der Waals surface area contributed by atoms with E-state index in [0.29, 0.717) is 0 Å². The lowest BCUT2D eigenvalue weighted by Crippen LogP contribution is -2.16. The van der Waals surface area contributed by atoms with Crippen LogP contribution in [0.15, 0.2) is 4.99 Å². The summed E-state index contributed by atoms with van der Waals surface area (Å²) in [5.41, 5.74) is 0. The third-order valence-electron chi connectivity index (χ3n) is 0.879. The second-order valence-electron chi connectivity index (χ2n) is 2.24. The van der Waals surface area contributed by atoms with Crippen molar-refractivity contribution in [2.75, 3.05) is 14.1 Å². The third kappa shape index (κ3) is 3.88. The molecule has 0 rings (SSSR count). The van der Waals surface area contributed by atoms with Gasteiger partial charge in [-0.05, 0) is 6.92 Å². The minimum Gasteiger partial charge on any atom is -0.480 e. The molecular weight excluding hydrogens is 132 g/mol. The largest absolute Gasteiger partial charge is 0.480 e. The van der Waals surface area contributed by atoms with Crippen molar-refractivity contribution in [1.82, 2.24) is 4.90 Å². The van der Waals surface area contributed by atoms with Crippen molar-refractivity contribution in [2.24, 2.45) is 4.99 Å². The highest BCUT2D eigenvalue weighted by Crippen LogP contribution is 1.86. The van der Waals surface area contributed by atoms with Crippen LogP contribution >= 0.6 is 0 Å². The first-order chi connectivity index (χ1) is 4.54. The molecule has 1 atom stereocenters. The molecule has 10 heavy (non-hydrogen) atoms. The van der Waals surface area contributed by atoms with E-state index in [2.05, 4.69) is 4.99 Å². The van der Waals surface area contributed by atoms with E-state index in [-0.39, 0.29) is 0 Å². The van der Waals surface area contributed by atoms with Crippen molar-refractivity contribution in [3.8, 4) is 0 Å². The molecule has 0 bridgehead atoms. The van der Waals surface area contributed by atoms with Crippen LogP contribution < -0.4 is 0 Å².